The van der Waals surface area contributed by atoms with Gasteiger partial charge < -0.3 is 0 Å². The SMILES string of the molecule is C=C(C(C)CC(C)C)C(C)C(P)C(=C)CCC(C)C. The monoisotopic (exact) mass is 282 g/mol. The van der Waals surface area contributed by atoms with E-state index in [2.05, 4.69) is 63.9 Å². The van der Waals surface area contributed by atoms with Gasteiger partial charge in [0.15, 0.2) is 0 Å². The minimum atomic E-state index is 0.473. The van der Waals surface area contributed by atoms with Crippen LogP contribution in [-0.4, -0.2) is 5.66 Å². The van der Waals surface area contributed by atoms with Gasteiger partial charge in [-0.25, -0.2) is 0 Å². The van der Waals surface area contributed by atoms with Gasteiger partial charge in [0.2, 0.25) is 0 Å². The molecule has 0 aliphatic rings. The molecule has 0 aromatic carbocycles. The summed E-state index contributed by atoms with van der Waals surface area (Å²) in [7, 11) is 2.99. The van der Waals surface area contributed by atoms with Crippen molar-refractivity contribution in [2.75, 3.05) is 0 Å². The maximum Gasteiger partial charge on any atom is 0.000429 e. The molecule has 0 aromatic heterocycles. The number of rotatable bonds is 9. The Kier molecular flexibility index (Phi) is 8.92. The van der Waals surface area contributed by atoms with E-state index in [0.29, 0.717) is 17.5 Å². The standard InChI is InChI=1S/C18H35P/c1-12(2)9-10-14(5)18(19)17(8)16(7)15(6)11-13(3)4/h12-13,15,17-18H,5,7,9-11,19H2,1-4,6,8H3. The molecule has 0 fully saturated rings. The molecule has 0 N–H and O–H groups in total. The summed E-state index contributed by atoms with van der Waals surface area (Å²) < 4.78 is 0. The van der Waals surface area contributed by atoms with Gasteiger partial charge in [-0.05, 0) is 42.9 Å². The lowest BCUT2D eigenvalue weighted by molar-refractivity contribution is 0.448. The summed E-state index contributed by atoms with van der Waals surface area (Å²) in [6, 6.07) is 0. The van der Waals surface area contributed by atoms with Crippen LogP contribution in [0.2, 0.25) is 0 Å². The predicted octanol–water partition coefficient (Wildman–Crippen LogP) is 6.10. The summed E-state index contributed by atoms with van der Waals surface area (Å²) in [6.07, 6.45) is 3.62. The minimum absolute atomic E-state index is 0.473. The van der Waals surface area contributed by atoms with Crippen molar-refractivity contribution in [3.63, 3.8) is 0 Å². The zero-order chi connectivity index (χ0) is 15.2. The lowest BCUT2D eigenvalue weighted by atomic mass is 9.82. The minimum Gasteiger partial charge on any atom is -0.129 e. The Labute approximate surface area is 124 Å². The zero-order valence-corrected chi connectivity index (χ0v) is 15.2. The zero-order valence-electron chi connectivity index (χ0n) is 14.0. The van der Waals surface area contributed by atoms with Crippen LogP contribution in [-0.2, 0) is 0 Å². The molecule has 0 nitrogen and oxygen atoms in total. The summed E-state index contributed by atoms with van der Waals surface area (Å²) in [5.41, 5.74) is 3.23. The number of hydrogen-bond acceptors (Lipinski definition) is 0. The molecule has 0 aliphatic heterocycles. The molecule has 0 aliphatic carbocycles. The van der Waals surface area contributed by atoms with Gasteiger partial charge in [0.05, 0.1) is 0 Å². The quantitative estimate of drug-likeness (QED) is 0.354. The summed E-state index contributed by atoms with van der Waals surface area (Å²) in [6.45, 7) is 22.4. The van der Waals surface area contributed by atoms with E-state index < -0.39 is 0 Å². The van der Waals surface area contributed by atoms with Crippen molar-refractivity contribution < 1.29 is 0 Å². The van der Waals surface area contributed by atoms with E-state index in [0.717, 1.165) is 18.3 Å². The van der Waals surface area contributed by atoms with Crippen LogP contribution in [0.25, 0.3) is 0 Å². The van der Waals surface area contributed by atoms with Crippen LogP contribution >= 0.6 is 9.24 Å². The molecule has 112 valence electrons. The van der Waals surface area contributed by atoms with Gasteiger partial charge in [-0.15, -0.1) is 9.24 Å². The lowest BCUT2D eigenvalue weighted by Gasteiger charge is -2.28. The maximum atomic E-state index is 4.35. The average Bonchev–Trinajstić information content (AvgIpc) is 2.32. The Hall–Kier alpha value is -0.0900. The fraction of sp³-hybridized carbons (Fsp3) is 0.778. The summed E-state index contributed by atoms with van der Waals surface area (Å²) in [5.74, 6) is 2.62. The highest BCUT2D eigenvalue weighted by molar-refractivity contribution is 7.18. The van der Waals surface area contributed by atoms with Crippen molar-refractivity contribution in [3.8, 4) is 0 Å². The highest BCUT2D eigenvalue weighted by atomic mass is 31.0. The molecule has 0 amide bonds. The van der Waals surface area contributed by atoms with Crippen LogP contribution in [0, 0.1) is 23.7 Å². The van der Waals surface area contributed by atoms with Gasteiger partial charge in [0.1, 0.15) is 0 Å². The molecular weight excluding hydrogens is 247 g/mol. The maximum absolute atomic E-state index is 4.35. The van der Waals surface area contributed by atoms with E-state index in [1.165, 1.54) is 24.0 Å². The Bertz CT molecular complexity index is 288. The van der Waals surface area contributed by atoms with Crippen LogP contribution in [0.5, 0.6) is 0 Å². The molecule has 4 unspecified atom stereocenters. The molecule has 0 aromatic rings. The molecular formula is C18H35P. The first kappa shape index (κ1) is 18.9. The first-order valence-corrected chi connectivity index (χ1v) is 8.45. The molecule has 1 heteroatoms. The molecule has 0 saturated heterocycles. The third-order valence-electron chi connectivity index (χ3n) is 4.10. The third-order valence-corrected chi connectivity index (χ3v) is 5.14. The Morgan fingerprint density at radius 3 is 1.89 bits per heavy atom. The Morgan fingerprint density at radius 1 is 0.947 bits per heavy atom. The number of allylic oxidation sites excluding steroid dienone is 2. The van der Waals surface area contributed by atoms with Gasteiger partial charge in [-0.3, -0.25) is 0 Å². The average molecular weight is 282 g/mol. The van der Waals surface area contributed by atoms with E-state index >= 15 is 0 Å². The van der Waals surface area contributed by atoms with Gasteiger partial charge in [-0.1, -0.05) is 65.8 Å². The second-order valence-corrected chi connectivity index (χ2v) is 7.73. The van der Waals surface area contributed by atoms with E-state index in [1.54, 1.807) is 0 Å². The molecule has 0 heterocycles. The van der Waals surface area contributed by atoms with E-state index in [-0.39, 0.29) is 0 Å². The molecule has 0 bridgehead atoms. The second kappa shape index (κ2) is 8.96. The molecule has 0 radical (unpaired) electrons. The lowest BCUT2D eigenvalue weighted by Crippen LogP contribution is -2.20. The fourth-order valence-electron chi connectivity index (χ4n) is 2.53. The fourth-order valence-corrected chi connectivity index (χ4v) is 2.95. The van der Waals surface area contributed by atoms with Crippen LogP contribution in [0.4, 0.5) is 0 Å². The summed E-state index contributed by atoms with van der Waals surface area (Å²) in [4.78, 5) is 0. The molecule has 4 atom stereocenters. The van der Waals surface area contributed by atoms with E-state index in [1.807, 2.05) is 0 Å². The molecule has 0 spiro atoms. The van der Waals surface area contributed by atoms with Gasteiger partial charge in [-0.2, -0.15) is 0 Å². The number of hydrogen-bond donors (Lipinski definition) is 0. The van der Waals surface area contributed by atoms with Gasteiger partial charge >= 0.3 is 0 Å². The van der Waals surface area contributed by atoms with Gasteiger partial charge in [0, 0.05) is 5.66 Å². The predicted molar refractivity (Wildman–Crippen MR) is 93.6 cm³/mol. The molecule has 0 saturated carbocycles. The Balaban J connectivity index is 4.41. The van der Waals surface area contributed by atoms with Crippen molar-refractivity contribution in [2.45, 2.75) is 66.5 Å². The highest BCUT2D eigenvalue weighted by Gasteiger charge is 2.22. The normalized spacial score (nSPS) is 16.5. The van der Waals surface area contributed by atoms with Crippen molar-refractivity contribution >= 4 is 9.24 Å². The first-order chi connectivity index (χ1) is 8.66. The first-order valence-electron chi connectivity index (χ1n) is 7.78. The van der Waals surface area contributed by atoms with Crippen molar-refractivity contribution in [2.24, 2.45) is 23.7 Å². The third kappa shape index (κ3) is 7.31. The van der Waals surface area contributed by atoms with Crippen LogP contribution in [0.1, 0.15) is 60.8 Å². The summed E-state index contributed by atoms with van der Waals surface area (Å²) in [5, 5.41) is 0. The van der Waals surface area contributed by atoms with E-state index in [4.69, 9.17) is 0 Å². The van der Waals surface area contributed by atoms with Crippen LogP contribution in [0.3, 0.4) is 0 Å². The van der Waals surface area contributed by atoms with Crippen LogP contribution in [0.15, 0.2) is 24.3 Å². The Morgan fingerprint density at radius 2 is 1.47 bits per heavy atom. The van der Waals surface area contributed by atoms with Gasteiger partial charge in [0.25, 0.3) is 0 Å². The smallest absolute Gasteiger partial charge is 0.000429 e. The molecule has 19 heavy (non-hydrogen) atoms. The van der Waals surface area contributed by atoms with Crippen molar-refractivity contribution in [1.82, 2.24) is 0 Å². The van der Waals surface area contributed by atoms with Crippen molar-refractivity contribution in [3.05, 3.63) is 24.3 Å². The second-order valence-electron chi connectivity index (χ2n) is 7.01. The largest absolute Gasteiger partial charge is 0.129 e. The highest BCUT2D eigenvalue weighted by Crippen LogP contribution is 2.33. The van der Waals surface area contributed by atoms with Crippen LogP contribution < -0.4 is 0 Å². The summed E-state index contributed by atoms with van der Waals surface area (Å²) >= 11 is 0. The topological polar surface area (TPSA) is 0 Å². The van der Waals surface area contributed by atoms with E-state index in [9.17, 15) is 0 Å². The van der Waals surface area contributed by atoms with Crippen molar-refractivity contribution in [1.29, 1.82) is 0 Å². The molecule has 0 rings (SSSR count).